The lowest BCUT2D eigenvalue weighted by molar-refractivity contribution is -0.137. The molecule has 0 aliphatic carbocycles. The molecule has 2 aromatic carbocycles. The number of benzene rings is 2. The van der Waals surface area contributed by atoms with Crippen molar-refractivity contribution in [1.29, 1.82) is 0 Å². The van der Waals surface area contributed by atoms with Gasteiger partial charge in [-0.1, -0.05) is 34.5 Å². The zero-order valence-corrected chi connectivity index (χ0v) is 17.1. The summed E-state index contributed by atoms with van der Waals surface area (Å²) in [5.74, 6) is 0.290. The molecule has 0 bridgehead atoms. The SMILES string of the molecule is Cc1ccc(OCc2c(C(=O)Nc3ccc(Cl)c(C(F)(F)F)c3)noc2C)c(C)c1. The highest BCUT2D eigenvalue weighted by Crippen LogP contribution is 2.36. The standard InChI is InChI=1S/C21H18ClF3N2O3/c1-11-4-7-18(12(2)8-11)29-10-15-13(3)30-27-19(15)20(28)26-14-5-6-17(22)16(9-14)21(23,24)25/h4-9H,10H2,1-3H3,(H,26,28). The summed E-state index contributed by atoms with van der Waals surface area (Å²) >= 11 is 5.61. The van der Waals surface area contributed by atoms with E-state index in [2.05, 4.69) is 10.5 Å². The Morgan fingerprint density at radius 2 is 1.90 bits per heavy atom. The first-order valence-corrected chi connectivity index (χ1v) is 9.27. The number of nitrogens with one attached hydrogen (secondary N) is 1. The van der Waals surface area contributed by atoms with Gasteiger partial charge in [0.2, 0.25) is 0 Å². The number of ether oxygens (including phenoxy) is 1. The number of hydrogen-bond acceptors (Lipinski definition) is 4. The number of halogens is 4. The van der Waals surface area contributed by atoms with E-state index in [0.717, 1.165) is 23.3 Å². The van der Waals surface area contributed by atoms with Gasteiger partial charge < -0.3 is 14.6 Å². The summed E-state index contributed by atoms with van der Waals surface area (Å²) in [6.07, 6.45) is -4.65. The van der Waals surface area contributed by atoms with Crippen LogP contribution >= 0.6 is 11.6 Å². The Morgan fingerprint density at radius 1 is 1.17 bits per heavy atom. The number of carbonyl (C=O) groups excluding carboxylic acids is 1. The van der Waals surface area contributed by atoms with E-state index >= 15 is 0 Å². The highest BCUT2D eigenvalue weighted by atomic mass is 35.5. The topological polar surface area (TPSA) is 64.4 Å². The minimum absolute atomic E-state index is 0.0103. The van der Waals surface area contributed by atoms with Gasteiger partial charge >= 0.3 is 6.18 Å². The summed E-state index contributed by atoms with van der Waals surface area (Å²) in [7, 11) is 0. The Hall–Kier alpha value is -3.00. The molecule has 9 heteroatoms. The van der Waals surface area contributed by atoms with E-state index in [1.807, 2.05) is 32.0 Å². The van der Waals surface area contributed by atoms with Gasteiger partial charge in [-0.05, 0) is 50.6 Å². The average Bonchev–Trinajstić information content (AvgIpc) is 3.02. The van der Waals surface area contributed by atoms with E-state index < -0.39 is 22.7 Å². The first-order valence-electron chi connectivity index (χ1n) is 8.89. The summed E-state index contributed by atoms with van der Waals surface area (Å²) in [5, 5.41) is 5.67. The van der Waals surface area contributed by atoms with Crippen LogP contribution in [0.5, 0.6) is 5.75 Å². The van der Waals surface area contributed by atoms with Crippen LogP contribution in [-0.2, 0) is 12.8 Å². The molecule has 0 aliphatic rings. The van der Waals surface area contributed by atoms with Crippen molar-refractivity contribution < 1.29 is 27.2 Å². The van der Waals surface area contributed by atoms with Crippen molar-refractivity contribution in [2.45, 2.75) is 33.6 Å². The molecule has 0 radical (unpaired) electrons. The summed E-state index contributed by atoms with van der Waals surface area (Å²) < 4.78 is 50.0. The lowest BCUT2D eigenvalue weighted by Gasteiger charge is -2.12. The minimum atomic E-state index is -4.65. The van der Waals surface area contributed by atoms with Crippen LogP contribution in [0.15, 0.2) is 40.9 Å². The van der Waals surface area contributed by atoms with Crippen LogP contribution in [-0.4, -0.2) is 11.1 Å². The monoisotopic (exact) mass is 438 g/mol. The predicted octanol–water partition coefficient (Wildman–Crippen LogP) is 6.10. The molecule has 0 aliphatic heterocycles. The number of aromatic nitrogens is 1. The van der Waals surface area contributed by atoms with Crippen LogP contribution < -0.4 is 10.1 Å². The highest BCUT2D eigenvalue weighted by molar-refractivity contribution is 6.31. The van der Waals surface area contributed by atoms with E-state index in [-0.39, 0.29) is 18.0 Å². The second kappa shape index (κ2) is 8.39. The first-order chi connectivity index (χ1) is 14.1. The van der Waals surface area contributed by atoms with Crippen LogP contribution in [0.25, 0.3) is 0 Å². The average molecular weight is 439 g/mol. The van der Waals surface area contributed by atoms with Gasteiger partial charge in [-0.15, -0.1) is 0 Å². The molecular weight excluding hydrogens is 421 g/mol. The molecule has 5 nitrogen and oxygen atoms in total. The summed E-state index contributed by atoms with van der Waals surface area (Å²) in [5.41, 5.74) is 1.23. The lowest BCUT2D eigenvalue weighted by atomic mass is 10.1. The Bertz CT molecular complexity index is 1090. The second-order valence-corrected chi connectivity index (χ2v) is 7.18. The molecule has 0 spiro atoms. The van der Waals surface area contributed by atoms with E-state index in [4.69, 9.17) is 20.9 Å². The number of rotatable bonds is 5. The smallest absolute Gasteiger partial charge is 0.417 e. The molecule has 1 amide bonds. The zero-order valence-electron chi connectivity index (χ0n) is 16.4. The third-order valence-electron chi connectivity index (χ3n) is 4.43. The van der Waals surface area contributed by atoms with Gasteiger partial charge in [0.05, 0.1) is 16.1 Å². The van der Waals surface area contributed by atoms with E-state index in [1.54, 1.807) is 6.92 Å². The number of hydrogen-bond donors (Lipinski definition) is 1. The Morgan fingerprint density at radius 3 is 2.57 bits per heavy atom. The maximum Gasteiger partial charge on any atom is 0.417 e. The Kier molecular flexibility index (Phi) is 6.07. The van der Waals surface area contributed by atoms with Crippen molar-refractivity contribution in [3.05, 3.63) is 75.1 Å². The fourth-order valence-electron chi connectivity index (χ4n) is 2.86. The van der Waals surface area contributed by atoms with Crippen molar-refractivity contribution in [2.24, 2.45) is 0 Å². The summed E-state index contributed by atoms with van der Waals surface area (Å²) in [6, 6.07) is 8.78. The van der Waals surface area contributed by atoms with Gasteiger partial charge in [-0.2, -0.15) is 13.2 Å². The maximum atomic E-state index is 13.0. The largest absolute Gasteiger partial charge is 0.488 e. The number of anilines is 1. The van der Waals surface area contributed by atoms with E-state index in [9.17, 15) is 18.0 Å². The van der Waals surface area contributed by atoms with Gasteiger partial charge in [0.15, 0.2) is 5.69 Å². The van der Waals surface area contributed by atoms with Gasteiger partial charge in [0, 0.05) is 5.69 Å². The number of carbonyl (C=O) groups is 1. The third kappa shape index (κ3) is 4.76. The van der Waals surface area contributed by atoms with Gasteiger partial charge in [0.25, 0.3) is 5.91 Å². The zero-order chi connectivity index (χ0) is 22.1. The highest BCUT2D eigenvalue weighted by Gasteiger charge is 2.33. The summed E-state index contributed by atoms with van der Waals surface area (Å²) in [4.78, 5) is 12.6. The normalized spacial score (nSPS) is 11.4. The number of amides is 1. The molecule has 0 saturated heterocycles. The fourth-order valence-corrected chi connectivity index (χ4v) is 3.09. The first kappa shape index (κ1) is 21.7. The molecule has 0 saturated carbocycles. The Labute approximate surface area is 175 Å². The maximum absolute atomic E-state index is 13.0. The van der Waals surface area contributed by atoms with Crippen LogP contribution in [0.3, 0.4) is 0 Å². The van der Waals surface area contributed by atoms with Crippen LogP contribution in [0.1, 0.15) is 38.5 Å². The predicted molar refractivity (Wildman–Crippen MR) is 106 cm³/mol. The number of alkyl halides is 3. The lowest BCUT2D eigenvalue weighted by Crippen LogP contribution is -2.16. The Balaban J connectivity index is 1.79. The molecule has 1 heterocycles. The number of aryl methyl sites for hydroxylation is 3. The molecule has 0 unspecified atom stereocenters. The van der Waals surface area contributed by atoms with Crippen molar-refractivity contribution in [1.82, 2.24) is 5.16 Å². The van der Waals surface area contributed by atoms with Gasteiger partial charge in [0.1, 0.15) is 18.1 Å². The van der Waals surface area contributed by atoms with Crippen LogP contribution in [0.4, 0.5) is 18.9 Å². The van der Waals surface area contributed by atoms with E-state index in [0.29, 0.717) is 17.1 Å². The molecule has 0 atom stereocenters. The molecule has 1 N–H and O–H groups in total. The quantitative estimate of drug-likeness (QED) is 0.522. The molecule has 158 valence electrons. The van der Waals surface area contributed by atoms with Gasteiger partial charge in [-0.3, -0.25) is 4.79 Å². The van der Waals surface area contributed by atoms with Crippen molar-refractivity contribution in [3.63, 3.8) is 0 Å². The molecule has 30 heavy (non-hydrogen) atoms. The summed E-state index contributed by atoms with van der Waals surface area (Å²) in [6.45, 7) is 5.49. The van der Waals surface area contributed by atoms with Gasteiger partial charge in [-0.25, -0.2) is 0 Å². The van der Waals surface area contributed by atoms with Crippen molar-refractivity contribution >= 4 is 23.2 Å². The third-order valence-corrected chi connectivity index (χ3v) is 4.76. The minimum Gasteiger partial charge on any atom is -0.488 e. The van der Waals surface area contributed by atoms with Crippen molar-refractivity contribution in [3.8, 4) is 5.75 Å². The van der Waals surface area contributed by atoms with Crippen LogP contribution in [0, 0.1) is 20.8 Å². The van der Waals surface area contributed by atoms with Crippen LogP contribution in [0.2, 0.25) is 5.02 Å². The molecule has 3 aromatic rings. The molecule has 0 fully saturated rings. The fraction of sp³-hybridized carbons (Fsp3) is 0.238. The molecular formula is C21H18ClF3N2O3. The van der Waals surface area contributed by atoms with E-state index in [1.165, 1.54) is 6.07 Å². The number of nitrogens with zero attached hydrogens (tertiary/aromatic N) is 1. The molecule has 1 aromatic heterocycles. The second-order valence-electron chi connectivity index (χ2n) is 6.77. The molecule has 3 rings (SSSR count). The van der Waals surface area contributed by atoms with Crippen molar-refractivity contribution in [2.75, 3.05) is 5.32 Å².